The third-order valence-electron chi connectivity index (χ3n) is 3.14. The molecule has 7 heteroatoms. The Morgan fingerprint density at radius 2 is 1.88 bits per heavy atom. The third-order valence-corrected chi connectivity index (χ3v) is 3.66. The average molecular weight is 553 g/mol. The molecule has 0 unspecified atom stereocenters. The molecule has 3 rings (SSSR count). The van der Waals surface area contributed by atoms with E-state index in [2.05, 4.69) is 16.1 Å². The summed E-state index contributed by atoms with van der Waals surface area (Å²) in [6.07, 6.45) is 1.47. The Morgan fingerprint density at radius 3 is 2.56 bits per heavy atom. The summed E-state index contributed by atoms with van der Waals surface area (Å²) >= 11 is 12.3. The van der Waals surface area contributed by atoms with Gasteiger partial charge in [-0.2, -0.15) is 5.10 Å². The zero-order valence-corrected chi connectivity index (χ0v) is 17.8. The van der Waals surface area contributed by atoms with E-state index in [0.29, 0.717) is 27.2 Å². The molecule has 0 amide bonds. The molecule has 0 bridgehead atoms. The molecule has 1 heterocycles. The Hall–Kier alpha value is -1.39. The smallest absolute Gasteiger partial charge is 0.144 e. The maximum Gasteiger partial charge on any atom is 0.144 e. The topological polar surface area (TPSA) is 39.9 Å². The number of ether oxygens (including phenoxy) is 1. The van der Waals surface area contributed by atoms with Gasteiger partial charge in [0.1, 0.15) is 17.7 Å². The van der Waals surface area contributed by atoms with Crippen molar-refractivity contribution in [3.63, 3.8) is 0 Å². The standard InChI is InChI=1S/C18H16Cl2N3O.Ir/c1-18(2,3)24-16-7-5-4-6-15(16)23-17(21-11-22-23)13-9-8-12(19)10-14(13)20;/h4-8,10-11H,1-3H3;/q-1;. The summed E-state index contributed by atoms with van der Waals surface area (Å²) in [4.78, 5) is 4.33. The maximum atomic E-state index is 6.30. The van der Waals surface area contributed by atoms with Crippen LogP contribution in [0.2, 0.25) is 10.0 Å². The number of rotatable bonds is 3. The second kappa shape index (κ2) is 7.88. The summed E-state index contributed by atoms with van der Waals surface area (Å²) < 4.78 is 7.73. The second-order valence-electron chi connectivity index (χ2n) is 6.22. The molecular formula is C18H16Cl2IrN3O-. The largest absolute Gasteiger partial charge is 0.486 e. The summed E-state index contributed by atoms with van der Waals surface area (Å²) in [7, 11) is 0. The van der Waals surface area contributed by atoms with Gasteiger partial charge in [0.15, 0.2) is 0 Å². The Balaban J connectivity index is 0.00000225. The van der Waals surface area contributed by atoms with Crippen molar-refractivity contribution in [2.45, 2.75) is 26.4 Å². The van der Waals surface area contributed by atoms with Gasteiger partial charge in [0.2, 0.25) is 0 Å². The molecule has 1 aromatic heterocycles. The molecule has 0 aliphatic rings. The first-order valence-electron chi connectivity index (χ1n) is 7.41. The SMILES string of the molecule is CC(C)(C)Oc1ccccc1-n1ncnc1-c1[c-]cc(Cl)cc1Cl.[Ir]. The minimum absolute atomic E-state index is 0. The fraction of sp³-hybridized carbons (Fsp3) is 0.222. The average Bonchev–Trinajstić information content (AvgIpc) is 2.95. The van der Waals surface area contributed by atoms with E-state index in [9.17, 15) is 0 Å². The van der Waals surface area contributed by atoms with Crippen LogP contribution in [0.5, 0.6) is 5.75 Å². The van der Waals surface area contributed by atoms with Crippen LogP contribution in [0.4, 0.5) is 0 Å². The van der Waals surface area contributed by atoms with E-state index in [1.54, 1.807) is 16.8 Å². The van der Waals surface area contributed by atoms with Crippen molar-refractivity contribution in [3.8, 4) is 22.8 Å². The van der Waals surface area contributed by atoms with Gasteiger partial charge in [-0.3, -0.25) is 9.67 Å². The zero-order chi connectivity index (χ0) is 17.3. The van der Waals surface area contributed by atoms with Crippen LogP contribution in [0.15, 0.2) is 42.7 Å². The van der Waals surface area contributed by atoms with Gasteiger partial charge in [-0.25, -0.2) is 0 Å². The van der Waals surface area contributed by atoms with Crippen LogP contribution in [0.1, 0.15) is 20.8 Å². The molecule has 0 N–H and O–H groups in total. The Morgan fingerprint density at radius 1 is 1.16 bits per heavy atom. The van der Waals surface area contributed by atoms with E-state index in [4.69, 9.17) is 27.9 Å². The number of para-hydroxylation sites is 2. The monoisotopic (exact) mass is 553 g/mol. The minimum atomic E-state index is -0.332. The van der Waals surface area contributed by atoms with Gasteiger partial charge in [-0.05, 0) is 42.9 Å². The first-order chi connectivity index (χ1) is 11.3. The van der Waals surface area contributed by atoms with E-state index in [-0.39, 0.29) is 25.7 Å². The predicted octanol–water partition coefficient (Wildman–Crippen LogP) is 5.22. The Kier molecular flexibility index (Phi) is 6.28. The molecule has 0 atom stereocenters. The van der Waals surface area contributed by atoms with Crippen molar-refractivity contribution in [2.75, 3.05) is 0 Å². The molecule has 0 spiro atoms. The summed E-state index contributed by atoms with van der Waals surface area (Å²) in [6.45, 7) is 5.99. The van der Waals surface area contributed by atoms with Crippen molar-refractivity contribution < 1.29 is 24.8 Å². The number of nitrogens with zero attached hydrogens (tertiary/aromatic N) is 3. The molecule has 0 aliphatic carbocycles. The van der Waals surface area contributed by atoms with E-state index < -0.39 is 0 Å². The zero-order valence-electron chi connectivity index (χ0n) is 13.9. The van der Waals surface area contributed by atoms with Gasteiger partial charge in [0, 0.05) is 20.1 Å². The molecule has 133 valence electrons. The molecule has 0 aliphatic heterocycles. The normalized spacial score (nSPS) is 11.1. The van der Waals surface area contributed by atoms with Crippen LogP contribution >= 0.6 is 23.2 Å². The molecular weight excluding hydrogens is 537 g/mol. The van der Waals surface area contributed by atoms with Gasteiger partial charge in [0.05, 0.1) is 11.5 Å². The maximum absolute atomic E-state index is 6.30. The van der Waals surface area contributed by atoms with Crippen LogP contribution in [0, 0.1) is 6.07 Å². The van der Waals surface area contributed by atoms with Crippen molar-refractivity contribution in [1.29, 1.82) is 0 Å². The van der Waals surface area contributed by atoms with Gasteiger partial charge >= 0.3 is 0 Å². The number of hydrogen-bond donors (Lipinski definition) is 0. The molecule has 25 heavy (non-hydrogen) atoms. The van der Waals surface area contributed by atoms with Crippen LogP contribution in [-0.2, 0) is 20.1 Å². The molecule has 0 saturated carbocycles. The van der Waals surface area contributed by atoms with E-state index in [1.807, 2.05) is 45.0 Å². The Bertz CT molecular complexity index is 875. The van der Waals surface area contributed by atoms with Crippen LogP contribution < -0.4 is 4.74 Å². The van der Waals surface area contributed by atoms with Gasteiger partial charge in [-0.1, -0.05) is 17.7 Å². The van der Waals surface area contributed by atoms with E-state index in [1.165, 1.54) is 6.33 Å². The quantitative estimate of drug-likeness (QED) is 0.418. The molecule has 4 nitrogen and oxygen atoms in total. The van der Waals surface area contributed by atoms with Crippen molar-refractivity contribution >= 4 is 23.2 Å². The van der Waals surface area contributed by atoms with Gasteiger partial charge in [-0.15, -0.1) is 41.4 Å². The number of halogens is 2. The van der Waals surface area contributed by atoms with Crippen molar-refractivity contribution in [2.24, 2.45) is 0 Å². The number of hydrogen-bond acceptors (Lipinski definition) is 3. The summed E-state index contributed by atoms with van der Waals surface area (Å²) in [5.41, 5.74) is 1.07. The van der Waals surface area contributed by atoms with Crippen molar-refractivity contribution in [1.82, 2.24) is 14.8 Å². The number of aromatic nitrogens is 3. The van der Waals surface area contributed by atoms with Crippen LogP contribution in [0.25, 0.3) is 17.1 Å². The van der Waals surface area contributed by atoms with Gasteiger partial charge < -0.3 is 4.74 Å². The predicted molar refractivity (Wildman–Crippen MR) is 96.0 cm³/mol. The summed E-state index contributed by atoms with van der Waals surface area (Å²) in [5, 5.41) is 5.31. The fourth-order valence-electron chi connectivity index (χ4n) is 2.25. The van der Waals surface area contributed by atoms with Gasteiger partial charge in [0.25, 0.3) is 0 Å². The van der Waals surface area contributed by atoms with Crippen LogP contribution in [0.3, 0.4) is 0 Å². The first-order valence-corrected chi connectivity index (χ1v) is 8.16. The second-order valence-corrected chi connectivity index (χ2v) is 7.06. The Labute approximate surface area is 170 Å². The first kappa shape index (κ1) is 19.9. The summed E-state index contributed by atoms with van der Waals surface area (Å²) in [6, 6.07) is 14.0. The molecule has 2 aromatic carbocycles. The minimum Gasteiger partial charge on any atom is -0.486 e. The molecule has 0 saturated heterocycles. The third kappa shape index (κ3) is 4.62. The van der Waals surface area contributed by atoms with Crippen molar-refractivity contribution in [3.05, 3.63) is 58.8 Å². The fourth-order valence-corrected chi connectivity index (χ4v) is 2.73. The number of benzene rings is 2. The van der Waals surface area contributed by atoms with E-state index in [0.717, 1.165) is 5.69 Å². The van der Waals surface area contributed by atoms with E-state index >= 15 is 0 Å². The molecule has 0 fully saturated rings. The molecule has 1 radical (unpaired) electrons. The van der Waals surface area contributed by atoms with Crippen LogP contribution in [-0.4, -0.2) is 20.4 Å². The summed E-state index contributed by atoms with van der Waals surface area (Å²) in [5.74, 6) is 1.28. The molecule has 3 aromatic rings.